The summed E-state index contributed by atoms with van der Waals surface area (Å²) >= 11 is 1.62. The van der Waals surface area contributed by atoms with E-state index in [9.17, 15) is 4.79 Å². The summed E-state index contributed by atoms with van der Waals surface area (Å²) < 4.78 is 10.5. The normalized spacial score (nSPS) is 10.1. The van der Waals surface area contributed by atoms with Crippen LogP contribution in [0, 0.1) is 0 Å². The molecule has 0 bridgehead atoms. The smallest absolute Gasteiger partial charge is 0.338 e. The summed E-state index contributed by atoms with van der Waals surface area (Å²) in [6.07, 6.45) is 0. The summed E-state index contributed by atoms with van der Waals surface area (Å²) in [4.78, 5) is 12.7. The average molecular weight is 288 g/mol. The third kappa shape index (κ3) is 4.31. The van der Waals surface area contributed by atoms with Gasteiger partial charge in [0, 0.05) is 4.90 Å². The van der Waals surface area contributed by atoms with Crippen LogP contribution in [-0.2, 0) is 4.74 Å². The Morgan fingerprint density at radius 2 is 1.75 bits per heavy atom. The molecule has 0 atom stereocenters. The van der Waals surface area contributed by atoms with Crippen molar-refractivity contribution in [2.24, 2.45) is 0 Å². The molecular weight excluding hydrogens is 272 g/mol. The number of carbonyl (C=O) groups excluding carboxylic acids is 1. The Morgan fingerprint density at radius 1 is 1.05 bits per heavy atom. The minimum absolute atomic E-state index is 0.308. The number of rotatable bonds is 6. The van der Waals surface area contributed by atoms with E-state index in [0.29, 0.717) is 18.1 Å². The zero-order valence-corrected chi connectivity index (χ0v) is 12.1. The molecule has 104 valence electrons. The van der Waals surface area contributed by atoms with Crippen LogP contribution in [0.2, 0.25) is 0 Å². The third-order valence-corrected chi connectivity index (χ3v) is 3.40. The maximum atomic E-state index is 11.5. The fourth-order valence-electron chi connectivity index (χ4n) is 1.58. The first-order chi connectivity index (χ1) is 9.79. The molecule has 20 heavy (non-hydrogen) atoms. The van der Waals surface area contributed by atoms with Crippen LogP contribution in [0.1, 0.15) is 17.3 Å². The topological polar surface area (TPSA) is 35.5 Å². The molecular formula is C16H16O3S. The Balaban J connectivity index is 1.83. The molecule has 0 aromatic heterocycles. The van der Waals surface area contributed by atoms with E-state index in [4.69, 9.17) is 9.47 Å². The van der Waals surface area contributed by atoms with Crippen LogP contribution in [0.3, 0.4) is 0 Å². The van der Waals surface area contributed by atoms with E-state index in [1.54, 1.807) is 43.0 Å². The Hall–Kier alpha value is -1.94. The van der Waals surface area contributed by atoms with Gasteiger partial charge in [-0.2, -0.15) is 0 Å². The minimum atomic E-state index is -0.308. The number of carbonyl (C=O) groups is 1. The molecule has 0 N–H and O–H groups in total. The van der Waals surface area contributed by atoms with Gasteiger partial charge < -0.3 is 9.47 Å². The zero-order valence-electron chi connectivity index (χ0n) is 11.2. The zero-order chi connectivity index (χ0) is 14.2. The highest BCUT2D eigenvalue weighted by molar-refractivity contribution is 7.99. The van der Waals surface area contributed by atoms with Crippen LogP contribution >= 0.6 is 11.8 Å². The maximum absolute atomic E-state index is 11.5. The average Bonchev–Trinajstić information content (AvgIpc) is 2.49. The first-order valence-corrected chi connectivity index (χ1v) is 7.36. The minimum Gasteiger partial charge on any atom is -0.483 e. The van der Waals surface area contributed by atoms with Crippen LogP contribution < -0.4 is 4.74 Å². The van der Waals surface area contributed by atoms with Crippen molar-refractivity contribution in [1.82, 2.24) is 0 Å². The highest BCUT2D eigenvalue weighted by Crippen LogP contribution is 2.20. The summed E-state index contributed by atoms with van der Waals surface area (Å²) in [7, 11) is 0. The van der Waals surface area contributed by atoms with E-state index in [1.165, 1.54) is 0 Å². The predicted octanol–water partition coefficient (Wildman–Crippen LogP) is 3.99. The van der Waals surface area contributed by atoms with Gasteiger partial charge in [0.25, 0.3) is 0 Å². The van der Waals surface area contributed by atoms with E-state index in [1.807, 2.05) is 30.3 Å². The Bertz CT molecular complexity index is 537. The molecule has 0 aliphatic rings. The number of hydrogen-bond donors (Lipinski definition) is 0. The molecule has 0 aliphatic carbocycles. The highest BCUT2D eigenvalue weighted by atomic mass is 32.2. The number of thioether (sulfide) groups is 1. The van der Waals surface area contributed by atoms with Crippen LogP contribution in [0.5, 0.6) is 5.75 Å². The lowest BCUT2D eigenvalue weighted by atomic mass is 10.2. The lowest BCUT2D eigenvalue weighted by Gasteiger charge is -2.07. The molecule has 0 heterocycles. The van der Waals surface area contributed by atoms with Crippen molar-refractivity contribution in [2.45, 2.75) is 11.8 Å². The summed E-state index contributed by atoms with van der Waals surface area (Å²) in [6, 6.07) is 17.0. The van der Waals surface area contributed by atoms with Crippen LogP contribution in [0.25, 0.3) is 0 Å². The molecule has 2 aromatic carbocycles. The molecule has 0 saturated carbocycles. The van der Waals surface area contributed by atoms with Gasteiger partial charge in [-0.3, -0.25) is 0 Å². The summed E-state index contributed by atoms with van der Waals surface area (Å²) in [6.45, 7) is 2.17. The standard InChI is InChI=1S/C16H16O3S/c1-2-18-16(17)13-8-10-14(11-9-13)19-12-20-15-6-4-3-5-7-15/h3-11H,2,12H2,1H3. The van der Waals surface area contributed by atoms with Gasteiger partial charge >= 0.3 is 5.97 Å². The quantitative estimate of drug-likeness (QED) is 0.457. The molecule has 0 aliphatic heterocycles. The van der Waals surface area contributed by atoms with Crippen molar-refractivity contribution in [2.75, 3.05) is 12.5 Å². The van der Waals surface area contributed by atoms with Gasteiger partial charge in [0.1, 0.15) is 11.7 Å². The van der Waals surface area contributed by atoms with E-state index in [0.717, 1.165) is 10.6 Å². The Labute approximate surface area is 122 Å². The van der Waals surface area contributed by atoms with Crippen molar-refractivity contribution in [3.63, 3.8) is 0 Å². The Kier molecular flexibility index (Phi) is 5.50. The molecule has 0 unspecified atom stereocenters. The van der Waals surface area contributed by atoms with Gasteiger partial charge in [-0.25, -0.2) is 4.79 Å². The molecule has 0 saturated heterocycles. The molecule has 3 nitrogen and oxygen atoms in total. The lowest BCUT2D eigenvalue weighted by molar-refractivity contribution is 0.0526. The number of benzene rings is 2. The van der Waals surface area contributed by atoms with Crippen molar-refractivity contribution in [3.05, 3.63) is 60.2 Å². The third-order valence-electron chi connectivity index (χ3n) is 2.56. The van der Waals surface area contributed by atoms with Gasteiger partial charge in [-0.05, 0) is 43.3 Å². The lowest BCUT2D eigenvalue weighted by Crippen LogP contribution is -2.04. The molecule has 0 amide bonds. The van der Waals surface area contributed by atoms with E-state index in [-0.39, 0.29) is 5.97 Å². The number of hydrogen-bond acceptors (Lipinski definition) is 4. The van der Waals surface area contributed by atoms with E-state index in [2.05, 4.69) is 0 Å². The number of ether oxygens (including phenoxy) is 2. The molecule has 4 heteroatoms. The predicted molar refractivity (Wildman–Crippen MR) is 80.2 cm³/mol. The molecule has 2 rings (SSSR count). The largest absolute Gasteiger partial charge is 0.483 e. The van der Waals surface area contributed by atoms with Crippen LogP contribution in [0.15, 0.2) is 59.5 Å². The fraction of sp³-hybridized carbons (Fsp3) is 0.188. The van der Waals surface area contributed by atoms with Gasteiger partial charge in [0.05, 0.1) is 12.2 Å². The SMILES string of the molecule is CCOC(=O)c1ccc(OCSc2ccccc2)cc1. The Morgan fingerprint density at radius 3 is 2.40 bits per heavy atom. The molecule has 0 radical (unpaired) electrons. The highest BCUT2D eigenvalue weighted by Gasteiger charge is 2.05. The fourth-order valence-corrected chi connectivity index (χ4v) is 2.26. The summed E-state index contributed by atoms with van der Waals surface area (Å²) in [5.74, 6) is 0.960. The van der Waals surface area contributed by atoms with Crippen LogP contribution in [-0.4, -0.2) is 18.5 Å². The molecule has 0 fully saturated rings. The summed E-state index contributed by atoms with van der Waals surface area (Å²) in [5, 5.41) is 0. The monoisotopic (exact) mass is 288 g/mol. The first kappa shape index (κ1) is 14.5. The molecule has 2 aromatic rings. The van der Waals surface area contributed by atoms with Gasteiger partial charge in [0.15, 0.2) is 0 Å². The van der Waals surface area contributed by atoms with Gasteiger partial charge in [0.2, 0.25) is 0 Å². The second-order valence-electron chi connectivity index (χ2n) is 3.96. The second kappa shape index (κ2) is 7.60. The number of esters is 1. The molecule has 0 spiro atoms. The van der Waals surface area contributed by atoms with E-state index >= 15 is 0 Å². The van der Waals surface area contributed by atoms with Crippen LogP contribution in [0.4, 0.5) is 0 Å². The van der Waals surface area contributed by atoms with E-state index < -0.39 is 0 Å². The van der Waals surface area contributed by atoms with Crippen molar-refractivity contribution < 1.29 is 14.3 Å². The first-order valence-electron chi connectivity index (χ1n) is 6.37. The van der Waals surface area contributed by atoms with Crippen molar-refractivity contribution >= 4 is 17.7 Å². The van der Waals surface area contributed by atoms with Gasteiger partial charge in [-0.15, -0.1) is 0 Å². The van der Waals surface area contributed by atoms with Gasteiger partial charge in [-0.1, -0.05) is 30.0 Å². The summed E-state index contributed by atoms with van der Waals surface area (Å²) in [5.41, 5.74) is 0.537. The van der Waals surface area contributed by atoms with Crippen molar-refractivity contribution in [1.29, 1.82) is 0 Å². The maximum Gasteiger partial charge on any atom is 0.338 e. The second-order valence-corrected chi connectivity index (χ2v) is 4.96. The van der Waals surface area contributed by atoms with Crippen molar-refractivity contribution in [3.8, 4) is 5.75 Å².